The van der Waals surface area contributed by atoms with Crippen LogP contribution in [0.1, 0.15) is 0 Å². The summed E-state index contributed by atoms with van der Waals surface area (Å²) >= 11 is 0. The predicted molar refractivity (Wildman–Crippen MR) is 80.9 cm³/mol. The summed E-state index contributed by atoms with van der Waals surface area (Å²) < 4.78 is 36.9. The van der Waals surface area contributed by atoms with Gasteiger partial charge in [-0.05, 0) is 24.3 Å². The van der Waals surface area contributed by atoms with Crippen LogP contribution in [0.25, 0.3) is 0 Å². The third-order valence-electron chi connectivity index (χ3n) is 2.72. The fraction of sp³-hybridized carbons (Fsp3) is 0.143. The van der Waals surface area contributed by atoms with E-state index in [9.17, 15) is 17.6 Å². The Morgan fingerprint density at radius 1 is 1.27 bits per heavy atom. The summed E-state index contributed by atoms with van der Waals surface area (Å²) in [5.74, 6) is -1.27. The van der Waals surface area contributed by atoms with Crippen molar-refractivity contribution in [3.8, 4) is 0 Å². The molecule has 22 heavy (non-hydrogen) atoms. The molecular formula is C14H14FN3O3S. The van der Waals surface area contributed by atoms with Crippen molar-refractivity contribution < 1.29 is 17.6 Å². The fourth-order valence-corrected chi connectivity index (χ4v) is 2.80. The lowest BCUT2D eigenvalue weighted by Gasteiger charge is -2.11. The van der Waals surface area contributed by atoms with E-state index in [2.05, 4.69) is 15.6 Å². The van der Waals surface area contributed by atoms with Crippen LogP contribution in [0.15, 0.2) is 47.6 Å². The Balaban J connectivity index is 2.09. The minimum absolute atomic E-state index is 0.0452. The van der Waals surface area contributed by atoms with Crippen molar-refractivity contribution in [1.82, 2.24) is 4.98 Å². The molecule has 0 atom stereocenters. The second-order valence-corrected chi connectivity index (χ2v) is 6.48. The quantitative estimate of drug-likeness (QED) is 0.874. The highest BCUT2D eigenvalue weighted by atomic mass is 32.2. The molecule has 8 heteroatoms. The molecule has 2 N–H and O–H groups in total. The van der Waals surface area contributed by atoms with Crippen LogP contribution < -0.4 is 10.6 Å². The highest BCUT2D eigenvalue weighted by Gasteiger charge is 2.18. The van der Waals surface area contributed by atoms with E-state index in [1.165, 1.54) is 18.3 Å². The van der Waals surface area contributed by atoms with Crippen molar-refractivity contribution in [2.24, 2.45) is 0 Å². The van der Waals surface area contributed by atoms with Crippen LogP contribution in [0.3, 0.4) is 0 Å². The van der Waals surface area contributed by atoms with Gasteiger partial charge in [0.2, 0.25) is 5.91 Å². The molecule has 0 fully saturated rings. The first kappa shape index (κ1) is 15.9. The van der Waals surface area contributed by atoms with Gasteiger partial charge in [-0.1, -0.05) is 6.07 Å². The number of hydrogen-bond donors (Lipinski definition) is 2. The van der Waals surface area contributed by atoms with Gasteiger partial charge >= 0.3 is 0 Å². The van der Waals surface area contributed by atoms with Crippen LogP contribution >= 0.6 is 0 Å². The molecule has 0 aliphatic rings. The molecule has 0 radical (unpaired) electrons. The lowest BCUT2D eigenvalue weighted by molar-refractivity contribution is -0.114. The van der Waals surface area contributed by atoms with E-state index < -0.39 is 26.5 Å². The van der Waals surface area contributed by atoms with Crippen molar-refractivity contribution in [1.29, 1.82) is 0 Å². The Labute approximate surface area is 127 Å². The van der Waals surface area contributed by atoms with Gasteiger partial charge < -0.3 is 10.6 Å². The highest BCUT2D eigenvalue weighted by molar-refractivity contribution is 7.90. The molecule has 1 amide bonds. The summed E-state index contributed by atoms with van der Waals surface area (Å²) in [5.41, 5.74) is 0.556. The average Bonchev–Trinajstić information content (AvgIpc) is 2.45. The zero-order valence-electron chi connectivity index (χ0n) is 11.7. The molecule has 0 saturated heterocycles. The van der Waals surface area contributed by atoms with E-state index in [0.29, 0.717) is 5.69 Å². The molecule has 1 aromatic carbocycles. The number of carbonyl (C=O) groups is 1. The number of halogens is 1. The highest BCUT2D eigenvalue weighted by Crippen LogP contribution is 2.24. The summed E-state index contributed by atoms with van der Waals surface area (Å²) in [5, 5.41) is 5.21. The molecule has 116 valence electrons. The molecule has 0 aliphatic heterocycles. The lowest BCUT2D eigenvalue weighted by Crippen LogP contribution is -2.22. The van der Waals surface area contributed by atoms with Crippen molar-refractivity contribution in [3.63, 3.8) is 0 Å². The van der Waals surface area contributed by atoms with E-state index in [1.54, 1.807) is 18.3 Å². The molecular weight excluding hydrogens is 309 g/mol. The number of pyridine rings is 1. The van der Waals surface area contributed by atoms with Gasteiger partial charge in [0.05, 0.1) is 24.1 Å². The molecule has 6 nitrogen and oxygen atoms in total. The van der Waals surface area contributed by atoms with Crippen LogP contribution in [0.5, 0.6) is 0 Å². The van der Waals surface area contributed by atoms with Gasteiger partial charge in [0.15, 0.2) is 9.84 Å². The van der Waals surface area contributed by atoms with E-state index in [-0.39, 0.29) is 12.2 Å². The third-order valence-corrected chi connectivity index (χ3v) is 3.88. The number of amides is 1. The number of sulfone groups is 1. The number of aromatic nitrogens is 1. The van der Waals surface area contributed by atoms with Crippen molar-refractivity contribution in [3.05, 3.63) is 48.5 Å². The standard InChI is InChI=1S/C14H14FN3O3S/c1-22(20,21)14-11(15)5-2-6-12(14)17-9-13(19)18-10-4-3-7-16-8-10/h2-8,17H,9H2,1H3,(H,18,19). The van der Waals surface area contributed by atoms with Gasteiger partial charge in [-0.2, -0.15) is 0 Å². The minimum atomic E-state index is -3.75. The average molecular weight is 323 g/mol. The molecule has 0 unspecified atom stereocenters. The number of nitrogens with zero attached hydrogens (tertiary/aromatic N) is 1. The molecule has 0 saturated carbocycles. The normalized spacial score (nSPS) is 11.0. The van der Waals surface area contributed by atoms with E-state index in [1.807, 2.05) is 0 Å². The summed E-state index contributed by atoms with van der Waals surface area (Å²) in [6.45, 7) is -0.207. The molecule has 1 heterocycles. The molecule has 0 bridgehead atoms. The number of carbonyl (C=O) groups excluding carboxylic acids is 1. The van der Waals surface area contributed by atoms with E-state index >= 15 is 0 Å². The van der Waals surface area contributed by atoms with Gasteiger partial charge in [-0.15, -0.1) is 0 Å². The smallest absolute Gasteiger partial charge is 0.243 e. The van der Waals surface area contributed by atoms with E-state index in [4.69, 9.17) is 0 Å². The first-order valence-electron chi connectivity index (χ1n) is 6.30. The largest absolute Gasteiger partial charge is 0.375 e. The third kappa shape index (κ3) is 4.01. The Morgan fingerprint density at radius 2 is 2.05 bits per heavy atom. The van der Waals surface area contributed by atoms with Crippen molar-refractivity contribution >= 4 is 27.1 Å². The van der Waals surface area contributed by atoms with Crippen molar-refractivity contribution in [2.45, 2.75) is 4.90 Å². The topological polar surface area (TPSA) is 88.2 Å². The van der Waals surface area contributed by atoms with Gasteiger partial charge in [0, 0.05) is 12.5 Å². The van der Waals surface area contributed by atoms with Gasteiger partial charge in [0.25, 0.3) is 0 Å². The van der Waals surface area contributed by atoms with Crippen molar-refractivity contribution in [2.75, 3.05) is 23.4 Å². The first-order valence-corrected chi connectivity index (χ1v) is 8.19. The number of hydrogen-bond acceptors (Lipinski definition) is 5. The molecule has 1 aromatic heterocycles. The second kappa shape index (κ2) is 6.52. The molecule has 0 spiro atoms. The summed E-state index contributed by atoms with van der Waals surface area (Å²) in [6, 6.07) is 7.14. The maximum atomic E-state index is 13.7. The summed E-state index contributed by atoms with van der Waals surface area (Å²) in [4.78, 5) is 15.2. The molecule has 0 aliphatic carbocycles. The number of rotatable bonds is 5. The predicted octanol–water partition coefficient (Wildman–Crippen LogP) is 1.67. The second-order valence-electron chi connectivity index (χ2n) is 4.53. The monoisotopic (exact) mass is 323 g/mol. The van der Waals surface area contributed by atoms with Crippen LogP contribution in [0, 0.1) is 5.82 Å². The summed E-state index contributed by atoms with van der Waals surface area (Å²) in [6.07, 6.45) is 3.95. The zero-order valence-corrected chi connectivity index (χ0v) is 12.5. The van der Waals surface area contributed by atoms with Gasteiger partial charge in [0.1, 0.15) is 10.7 Å². The number of nitrogens with one attached hydrogen (secondary N) is 2. The maximum absolute atomic E-state index is 13.7. The van der Waals surface area contributed by atoms with Crippen LogP contribution in [-0.2, 0) is 14.6 Å². The number of benzene rings is 1. The SMILES string of the molecule is CS(=O)(=O)c1c(F)cccc1NCC(=O)Nc1cccnc1. The maximum Gasteiger partial charge on any atom is 0.243 e. The number of anilines is 2. The minimum Gasteiger partial charge on any atom is -0.375 e. The Bertz CT molecular complexity index is 779. The first-order chi connectivity index (χ1) is 10.4. The van der Waals surface area contributed by atoms with Crippen LogP contribution in [0.2, 0.25) is 0 Å². The lowest BCUT2D eigenvalue weighted by atomic mass is 10.3. The molecule has 2 aromatic rings. The Kier molecular flexibility index (Phi) is 4.71. The zero-order chi connectivity index (χ0) is 16.2. The van der Waals surface area contributed by atoms with Gasteiger partial charge in [-0.3, -0.25) is 9.78 Å². The molecule has 2 rings (SSSR count). The van der Waals surface area contributed by atoms with Crippen LogP contribution in [0.4, 0.5) is 15.8 Å². The van der Waals surface area contributed by atoms with E-state index in [0.717, 1.165) is 12.3 Å². The van der Waals surface area contributed by atoms with Gasteiger partial charge in [-0.25, -0.2) is 12.8 Å². The fourth-order valence-electron chi connectivity index (χ4n) is 1.84. The Morgan fingerprint density at radius 3 is 2.68 bits per heavy atom. The summed E-state index contributed by atoms with van der Waals surface area (Å²) in [7, 11) is -3.75. The van der Waals surface area contributed by atoms with Crippen LogP contribution in [-0.4, -0.2) is 32.1 Å². The Hall–Kier alpha value is -2.48.